The summed E-state index contributed by atoms with van der Waals surface area (Å²) in [6, 6.07) is 0. The first-order valence-electron chi connectivity index (χ1n) is 2.24. The molecule has 0 radical (unpaired) electrons. The minimum absolute atomic E-state index is 0.778. The Morgan fingerprint density at radius 3 is 2.00 bits per heavy atom. The van der Waals surface area contributed by atoms with Gasteiger partial charge >= 0.3 is 0 Å². The van der Waals surface area contributed by atoms with E-state index < -0.39 is 5.09 Å². The molecule has 0 spiro atoms. The van der Waals surface area contributed by atoms with Gasteiger partial charge in [-0.3, -0.25) is 0 Å². The first-order valence-corrected chi connectivity index (χ1v) is 2.24. The number of nitrogens with zero attached hydrogens (tertiary/aromatic N) is 1. The van der Waals surface area contributed by atoms with E-state index in [4.69, 9.17) is 15.3 Å². The molecule has 0 rings (SSSR count). The quantitative estimate of drug-likeness (QED) is 0.375. The maximum atomic E-state index is 8.25. The van der Waals surface area contributed by atoms with Crippen LogP contribution in [0.15, 0.2) is 0 Å². The standard InChI is InChI=1S/C3H9NO.NO3/c1-5-3-2-4;2-1(3)4/h2-4H2,1H3;/q;-1/p+1. The normalized spacial score (nSPS) is 7.33. The maximum absolute atomic E-state index is 8.25. The van der Waals surface area contributed by atoms with Gasteiger partial charge in [0.25, 0.3) is 0 Å². The molecule has 6 heteroatoms. The van der Waals surface area contributed by atoms with Gasteiger partial charge in [0.2, 0.25) is 0 Å². The summed E-state index contributed by atoms with van der Waals surface area (Å²) in [5.74, 6) is 0. The molecule has 0 fully saturated rings. The van der Waals surface area contributed by atoms with Crippen molar-refractivity contribution in [3.63, 3.8) is 0 Å². The molecule has 0 unspecified atom stereocenters. The van der Waals surface area contributed by atoms with Crippen LogP contribution in [0.3, 0.4) is 0 Å². The predicted octanol–water partition coefficient (Wildman–Crippen LogP) is -1.36. The third-order valence-corrected chi connectivity index (χ3v) is 0.348. The van der Waals surface area contributed by atoms with Crippen LogP contribution in [0.2, 0.25) is 0 Å². The van der Waals surface area contributed by atoms with Crippen LogP contribution in [-0.2, 0) is 4.74 Å². The van der Waals surface area contributed by atoms with Crippen molar-refractivity contribution in [1.82, 2.24) is 0 Å². The molecule has 0 aromatic rings. The Morgan fingerprint density at radius 2 is 2.00 bits per heavy atom. The zero-order chi connectivity index (χ0) is 7.70. The first-order chi connectivity index (χ1) is 4.15. The Balaban J connectivity index is 0. The van der Waals surface area contributed by atoms with Gasteiger partial charge in [-0.15, -0.1) is 0 Å². The SMILES string of the molecule is COCC[NH3+].O=[N+]([O-])[O-]. The highest BCUT2D eigenvalue weighted by molar-refractivity contribution is 4.10. The molecule has 0 amide bonds. The van der Waals surface area contributed by atoms with Gasteiger partial charge in [-0.05, 0) is 0 Å². The molecular formula is C3H10N2O4. The minimum Gasteiger partial charge on any atom is -0.379 e. The summed E-state index contributed by atoms with van der Waals surface area (Å²) in [6.07, 6.45) is 0. The molecule has 0 aliphatic heterocycles. The van der Waals surface area contributed by atoms with Crippen LogP contribution in [0.4, 0.5) is 0 Å². The van der Waals surface area contributed by atoms with Gasteiger partial charge in [0, 0.05) is 7.11 Å². The van der Waals surface area contributed by atoms with Crippen molar-refractivity contribution >= 4 is 0 Å². The maximum Gasteiger partial charge on any atom is 0.0977 e. The van der Waals surface area contributed by atoms with Crippen molar-refractivity contribution in [3.05, 3.63) is 15.3 Å². The molecular weight excluding hydrogens is 128 g/mol. The number of methoxy groups -OCH3 is 1. The lowest BCUT2D eigenvalue weighted by Crippen LogP contribution is -2.52. The molecule has 0 saturated carbocycles. The molecule has 0 bridgehead atoms. The largest absolute Gasteiger partial charge is 0.379 e. The third-order valence-electron chi connectivity index (χ3n) is 0.348. The lowest BCUT2D eigenvalue weighted by atomic mass is 10.7. The van der Waals surface area contributed by atoms with Crippen molar-refractivity contribution in [2.75, 3.05) is 20.3 Å². The Hall–Kier alpha value is -0.880. The molecule has 6 nitrogen and oxygen atoms in total. The Morgan fingerprint density at radius 1 is 1.67 bits per heavy atom. The zero-order valence-corrected chi connectivity index (χ0v) is 5.20. The fraction of sp³-hybridized carbons (Fsp3) is 1.00. The van der Waals surface area contributed by atoms with E-state index in [0.717, 1.165) is 13.2 Å². The molecule has 3 N–H and O–H groups in total. The van der Waals surface area contributed by atoms with E-state index in [1.165, 1.54) is 0 Å². The molecule has 0 aliphatic carbocycles. The number of hydrogen-bond acceptors (Lipinski definition) is 4. The molecule has 0 aromatic heterocycles. The van der Waals surface area contributed by atoms with Crippen LogP contribution < -0.4 is 5.73 Å². The van der Waals surface area contributed by atoms with Gasteiger partial charge in [-0.25, -0.2) is 0 Å². The van der Waals surface area contributed by atoms with Crippen LogP contribution in [0.5, 0.6) is 0 Å². The number of rotatable bonds is 2. The van der Waals surface area contributed by atoms with Crippen LogP contribution in [-0.4, -0.2) is 25.3 Å². The summed E-state index contributed by atoms with van der Waals surface area (Å²) in [4.78, 5) is 8.25. The van der Waals surface area contributed by atoms with Gasteiger partial charge in [-0.1, -0.05) is 0 Å². The highest BCUT2D eigenvalue weighted by Gasteiger charge is 1.69. The van der Waals surface area contributed by atoms with Crippen LogP contribution in [0.1, 0.15) is 0 Å². The zero-order valence-electron chi connectivity index (χ0n) is 5.20. The van der Waals surface area contributed by atoms with Gasteiger partial charge in [0.05, 0.1) is 18.2 Å². The summed E-state index contributed by atoms with van der Waals surface area (Å²) in [5.41, 5.74) is 3.55. The summed E-state index contributed by atoms with van der Waals surface area (Å²) in [5, 5.41) is 14.8. The topological polar surface area (TPSA) is 103 Å². The third kappa shape index (κ3) is 149. The smallest absolute Gasteiger partial charge is 0.0977 e. The van der Waals surface area contributed by atoms with E-state index in [1.54, 1.807) is 7.11 Å². The van der Waals surface area contributed by atoms with Gasteiger partial charge in [0.1, 0.15) is 0 Å². The van der Waals surface area contributed by atoms with Gasteiger partial charge in [0.15, 0.2) is 0 Å². The van der Waals surface area contributed by atoms with E-state index in [2.05, 4.69) is 10.5 Å². The summed E-state index contributed by atoms with van der Waals surface area (Å²) in [7, 11) is 1.67. The van der Waals surface area contributed by atoms with E-state index >= 15 is 0 Å². The molecule has 0 aliphatic rings. The van der Waals surface area contributed by atoms with Gasteiger partial charge < -0.3 is 25.8 Å². The van der Waals surface area contributed by atoms with E-state index in [1.807, 2.05) is 0 Å². The minimum atomic E-state index is -1.75. The fourth-order valence-electron chi connectivity index (χ4n) is 0.144. The van der Waals surface area contributed by atoms with Gasteiger partial charge in [-0.2, -0.15) is 0 Å². The van der Waals surface area contributed by atoms with Crippen molar-refractivity contribution in [1.29, 1.82) is 0 Å². The monoisotopic (exact) mass is 138 g/mol. The van der Waals surface area contributed by atoms with E-state index in [9.17, 15) is 0 Å². The Kier molecular flexibility index (Phi) is 12.4. The molecule has 56 valence electrons. The number of quaternary nitrogens is 1. The Bertz CT molecular complexity index is 60.8. The van der Waals surface area contributed by atoms with Crippen molar-refractivity contribution in [2.24, 2.45) is 0 Å². The predicted molar refractivity (Wildman–Crippen MR) is 30.0 cm³/mol. The summed E-state index contributed by atoms with van der Waals surface area (Å²) in [6.45, 7) is 1.65. The molecule has 0 heterocycles. The molecule has 9 heavy (non-hydrogen) atoms. The van der Waals surface area contributed by atoms with Crippen LogP contribution in [0, 0.1) is 15.3 Å². The van der Waals surface area contributed by atoms with Crippen molar-refractivity contribution in [3.8, 4) is 0 Å². The Labute approximate surface area is 52.3 Å². The molecule has 0 saturated heterocycles. The van der Waals surface area contributed by atoms with Crippen LogP contribution >= 0.6 is 0 Å². The van der Waals surface area contributed by atoms with Crippen molar-refractivity contribution < 1.29 is 15.6 Å². The van der Waals surface area contributed by atoms with E-state index in [0.29, 0.717) is 0 Å². The molecule has 0 atom stereocenters. The summed E-state index contributed by atoms with van der Waals surface area (Å²) >= 11 is 0. The summed E-state index contributed by atoms with van der Waals surface area (Å²) < 4.78 is 4.63. The number of ether oxygens (including phenoxy) is 1. The van der Waals surface area contributed by atoms with Crippen LogP contribution in [0.25, 0.3) is 0 Å². The average molecular weight is 138 g/mol. The fourth-order valence-corrected chi connectivity index (χ4v) is 0.144. The number of hydrogen-bond donors (Lipinski definition) is 1. The second-order valence-electron chi connectivity index (χ2n) is 1.07. The molecule has 0 aromatic carbocycles. The second-order valence-corrected chi connectivity index (χ2v) is 1.07. The highest BCUT2D eigenvalue weighted by Crippen LogP contribution is 1.51. The average Bonchev–Trinajstić information content (AvgIpc) is 1.66. The van der Waals surface area contributed by atoms with Crippen molar-refractivity contribution in [2.45, 2.75) is 0 Å². The lowest BCUT2D eigenvalue weighted by Gasteiger charge is -1.82. The lowest BCUT2D eigenvalue weighted by molar-refractivity contribution is -0.402. The highest BCUT2D eigenvalue weighted by atomic mass is 16.9. The van der Waals surface area contributed by atoms with E-state index in [-0.39, 0.29) is 0 Å². The first kappa shape index (κ1) is 11.0. The second kappa shape index (κ2) is 10.2.